The number of hydroxylamine groups is 1. The molecule has 1 aromatic carbocycles. The van der Waals surface area contributed by atoms with Gasteiger partial charge in [-0.2, -0.15) is 5.48 Å². The predicted molar refractivity (Wildman–Crippen MR) is 77.2 cm³/mol. The molecule has 0 atom stereocenters. The maximum absolute atomic E-state index is 5.82. The quantitative estimate of drug-likeness (QED) is 0.248. The van der Waals surface area contributed by atoms with E-state index in [-0.39, 0.29) is 0 Å². The van der Waals surface area contributed by atoms with Crippen LogP contribution in [0.4, 0.5) is 11.4 Å². The Hall–Kier alpha value is -0.950. The molecule has 0 saturated heterocycles. The number of nitrogen functional groups attached to an aromatic ring is 1. The van der Waals surface area contributed by atoms with Crippen LogP contribution in [-0.4, -0.2) is 25.9 Å². The normalized spacial score (nSPS) is 10.6. The first-order valence-corrected chi connectivity index (χ1v) is 7.04. The van der Waals surface area contributed by atoms with Gasteiger partial charge in [-0.1, -0.05) is 0 Å². The van der Waals surface area contributed by atoms with Gasteiger partial charge in [-0.3, -0.25) is 0 Å². The van der Waals surface area contributed by atoms with E-state index in [9.17, 15) is 0 Å². The van der Waals surface area contributed by atoms with Crippen molar-refractivity contribution in [2.45, 2.75) is 13.8 Å². The molecule has 0 heterocycles. The van der Waals surface area contributed by atoms with E-state index in [0.717, 1.165) is 42.1 Å². The molecule has 0 bridgehead atoms. The molecule has 1 rings (SSSR count). The fourth-order valence-corrected chi connectivity index (χ4v) is 1.72. The zero-order valence-corrected chi connectivity index (χ0v) is 11.9. The first-order chi connectivity index (χ1) is 8.69. The molecule has 6 heteroatoms. The van der Waals surface area contributed by atoms with Crippen LogP contribution < -0.4 is 16.1 Å². The van der Waals surface area contributed by atoms with Crippen LogP contribution in [0.15, 0.2) is 18.2 Å². The van der Waals surface area contributed by atoms with E-state index >= 15 is 0 Å². The molecule has 3 N–H and O–H groups in total. The molecule has 0 saturated carbocycles. The summed E-state index contributed by atoms with van der Waals surface area (Å²) in [7, 11) is 0. The van der Waals surface area contributed by atoms with E-state index in [1.807, 2.05) is 19.1 Å². The van der Waals surface area contributed by atoms with Crippen molar-refractivity contribution in [2.75, 3.05) is 36.5 Å². The van der Waals surface area contributed by atoms with Gasteiger partial charge < -0.3 is 10.6 Å². The van der Waals surface area contributed by atoms with Crippen LogP contribution in [0.25, 0.3) is 0 Å². The van der Waals surface area contributed by atoms with Gasteiger partial charge >= 0.3 is 0 Å². The number of nitrogens with zero attached hydrogens (tertiary/aromatic N) is 1. The SMILES string of the molecule is CCN(CCNOOSC)c1ccc(N)c(C)c1. The van der Waals surface area contributed by atoms with E-state index in [0.29, 0.717) is 6.54 Å². The molecule has 0 aliphatic carbocycles. The third-order valence-corrected chi connectivity index (χ3v) is 2.85. The van der Waals surface area contributed by atoms with Crippen LogP contribution >= 0.6 is 12.0 Å². The molecule has 102 valence electrons. The summed E-state index contributed by atoms with van der Waals surface area (Å²) in [6.45, 7) is 6.56. The maximum atomic E-state index is 5.82. The smallest absolute Gasteiger partial charge is 0.0416 e. The number of nitrogens with two attached hydrogens (primary N) is 1. The highest BCUT2D eigenvalue weighted by molar-refractivity contribution is 7.93. The highest BCUT2D eigenvalue weighted by atomic mass is 32.2. The fraction of sp³-hybridized carbons (Fsp3) is 0.500. The lowest BCUT2D eigenvalue weighted by Crippen LogP contribution is -2.31. The van der Waals surface area contributed by atoms with Crippen LogP contribution in [0.5, 0.6) is 0 Å². The molecule has 18 heavy (non-hydrogen) atoms. The summed E-state index contributed by atoms with van der Waals surface area (Å²) in [5.41, 5.74) is 11.6. The van der Waals surface area contributed by atoms with E-state index in [1.165, 1.54) is 0 Å². The Morgan fingerprint density at radius 2 is 2.22 bits per heavy atom. The number of rotatable bonds is 8. The number of anilines is 2. The average Bonchev–Trinajstić information content (AvgIpc) is 2.37. The summed E-state index contributed by atoms with van der Waals surface area (Å²) in [6.07, 6.45) is 1.79. The maximum Gasteiger partial charge on any atom is 0.0416 e. The summed E-state index contributed by atoms with van der Waals surface area (Å²) in [4.78, 5) is 6.96. The monoisotopic (exact) mass is 271 g/mol. The van der Waals surface area contributed by atoms with Crippen molar-refractivity contribution in [3.63, 3.8) is 0 Å². The van der Waals surface area contributed by atoms with Gasteiger partial charge in [-0.25, -0.2) is 0 Å². The molecule has 0 spiro atoms. The van der Waals surface area contributed by atoms with Gasteiger partial charge in [0.2, 0.25) is 0 Å². The Morgan fingerprint density at radius 1 is 1.44 bits per heavy atom. The van der Waals surface area contributed by atoms with Crippen LogP contribution in [-0.2, 0) is 9.32 Å². The number of hydrogen-bond acceptors (Lipinski definition) is 6. The van der Waals surface area contributed by atoms with E-state index in [2.05, 4.69) is 27.7 Å². The molecule has 1 aromatic rings. The number of benzene rings is 1. The average molecular weight is 271 g/mol. The number of hydrogen-bond donors (Lipinski definition) is 2. The Labute approximate surface area is 113 Å². The summed E-state index contributed by atoms with van der Waals surface area (Å²) in [5.74, 6) is 0. The molecule has 0 aromatic heterocycles. The second-order valence-corrected chi connectivity index (χ2v) is 4.30. The van der Waals surface area contributed by atoms with Gasteiger partial charge in [0.25, 0.3) is 0 Å². The third kappa shape index (κ3) is 4.73. The lowest BCUT2D eigenvalue weighted by atomic mass is 10.1. The number of likely N-dealkylation sites (N-methyl/N-ethyl adjacent to an activating group) is 1. The Kier molecular flexibility index (Phi) is 6.89. The van der Waals surface area contributed by atoms with Gasteiger partial charge in [-0.05, 0) is 37.6 Å². The van der Waals surface area contributed by atoms with Crippen LogP contribution in [0.2, 0.25) is 0 Å². The van der Waals surface area contributed by atoms with Gasteiger partial charge in [0, 0.05) is 49.3 Å². The van der Waals surface area contributed by atoms with E-state index < -0.39 is 0 Å². The number of aryl methyl sites for hydroxylation is 1. The van der Waals surface area contributed by atoms with Crippen molar-refractivity contribution in [1.29, 1.82) is 0 Å². The van der Waals surface area contributed by atoms with Crippen molar-refractivity contribution in [3.8, 4) is 0 Å². The van der Waals surface area contributed by atoms with Crippen LogP contribution in [0.1, 0.15) is 12.5 Å². The summed E-state index contributed by atoms with van der Waals surface area (Å²) in [6, 6.07) is 6.07. The Morgan fingerprint density at radius 3 is 2.83 bits per heavy atom. The molecular weight excluding hydrogens is 250 g/mol. The Bertz CT molecular complexity index is 363. The molecule has 0 aliphatic rings. The molecule has 0 amide bonds. The molecule has 0 unspecified atom stereocenters. The van der Waals surface area contributed by atoms with Gasteiger partial charge in [0.05, 0.1) is 0 Å². The third-order valence-electron chi connectivity index (χ3n) is 2.65. The van der Waals surface area contributed by atoms with Crippen molar-refractivity contribution in [3.05, 3.63) is 23.8 Å². The first-order valence-electron chi connectivity index (χ1n) is 5.89. The predicted octanol–water partition coefficient (Wildman–Crippen LogP) is 2.13. The topological polar surface area (TPSA) is 59.8 Å². The highest BCUT2D eigenvalue weighted by Crippen LogP contribution is 2.20. The fourth-order valence-electron chi connectivity index (χ4n) is 1.61. The number of nitrogens with one attached hydrogen (secondary N) is 1. The minimum absolute atomic E-state index is 0.678. The van der Waals surface area contributed by atoms with Gasteiger partial charge in [0.15, 0.2) is 0 Å². The van der Waals surface area contributed by atoms with Crippen LogP contribution in [0, 0.1) is 6.92 Å². The zero-order valence-electron chi connectivity index (χ0n) is 11.1. The van der Waals surface area contributed by atoms with Gasteiger partial charge in [0.1, 0.15) is 0 Å². The summed E-state index contributed by atoms with van der Waals surface area (Å²) in [5, 5.41) is 0. The molecule has 0 aliphatic heterocycles. The lowest BCUT2D eigenvalue weighted by Gasteiger charge is -2.23. The van der Waals surface area contributed by atoms with Crippen LogP contribution in [0.3, 0.4) is 0 Å². The second kappa shape index (κ2) is 8.20. The van der Waals surface area contributed by atoms with Crippen molar-refractivity contribution < 1.29 is 9.32 Å². The van der Waals surface area contributed by atoms with Crippen molar-refractivity contribution in [2.24, 2.45) is 0 Å². The van der Waals surface area contributed by atoms with Gasteiger partial charge in [-0.15, -0.1) is 9.32 Å². The Balaban J connectivity index is 2.47. The largest absolute Gasteiger partial charge is 0.399 e. The van der Waals surface area contributed by atoms with E-state index in [4.69, 9.17) is 10.7 Å². The summed E-state index contributed by atoms with van der Waals surface area (Å²) >= 11 is 1.15. The second-order valence-electron chi connectivity index (χ2n) is 3.83. The molecular formula is C12H21N3O2S. The molecule has 0 fully saturated rings. The molecule has 5 nitrogen and oxygen atoms in total. The first kappa shape index (κ1) is 15.1. The lowest BCUT2D eigenvalue weighted by molar-refractivity contribution is -0.243. The molecule has 0 radical (unpaired) electrons. The zero-order chi connectivity index (χ0) is 13.4. The van der Waals surface area contributed by atoms with Crippen molar-refractivity contribution >= 4 is 23.4 Å². The minimum atomic E-state index is 0.678. The highest BCUT2D eigenvalue weighted by Gasteiger charge is 2.05. The van der Waals surface area contributed by atoms with E-state index in [1.54, 1.807) is 6.26 Å². The summed E-state index contributed by atoms with van der Waals surface area (Å²) < 4.78 is 4.66. The van der Waals surface area contributed by atoms with Crippen molar-refractivity contribution in [1.82, 2.24) is 5.48 Å². The minimum Gasteiger partial charge on any atom is -0.399 e. The standard InChI is InChI=1S/C12H21N3O2S/c1-4-15(8-7-14-16-17-18-3)11-5-6-12(13)10(2)9-11/h5-6,9,14H,4,7-8,13H2,1-3H3.